The minimum absolute atomic E-state index is 0.00856. The van der Waals surface area contributed by atoms with E-state index in [2.05, 4.69) is 39.3 Å². The number of alkyl halides is 8. The Morgan fingerprint density at radius 3 is 1.38 bits per heavy atom. The van der Waals surface area contributed by atoms with Gasteiger partial charge in [-0.2, -0.15) is 0 Å². The van der Waals surface area contributed by atoms with E-state index in [4.69, 9.17) is 0 Å². The van der Waals surface area contributed by atoms with Crippen molar-refractivity contribution in [2.24, 2.45) is 23.7 Å². The number of hydrogen-bond acceptors (Lipinski definition) is 14. The third-order valence-corrected chi connectivity index (χ3v) is 14.1. The highest BCUT2D eigenvalue weighted by atomic mass is 32.2. The summed E-state index contributed by atoms with van der Waals surface area (Å²) in [4.78, 5) is 29.3. The van der Waals surface area contributed by atoms with Crippen molar-refractivity contribution in [3.8, 4) is 23.0 Å². The number of sulfonamides is 2. The molecular formula is C36H40F8N12O4S4. The molecule has 28 heteroatoms. The smallest absolute Gasteiger partial charge is 0.274 e. The van der Waals surface area contributed by atoms with Crippen LogP contribution < -0.4 is 19.2 Å². The van der Waals surface area contributed by atoms with Crippen molar-refractivity contribution in [2.75, 3.05) is 61.6 Å². The van der Waals surface area contributed by atoms with Crippen LogP contribution in [0.4, 0.5) is 46.8 Å². The largest absolute Gasteiger partial charge is 0.355 e. The lowest BCUT2D eigenvalue weighted by Crippen LogP contribution is -2.56. The molecule has 348 valence electrons. The molecule has 16 nitrogen and oxygen atoms in total. The van der Waals surface area contributed by atoms with Gasteiger partial charge in [0.1, 0.15) is 23.0 Å². The van der Waals surface area contributed by atoms with Crippen LogP contribution in [0.2, 0.25) is 0 Å². The van der Waals surface area contributed by atoms with Gasteiger partial charge in [0, 0.05) is 75.9 Å². The first-order chi connectivity index (χ1) is 29.9. The number of hydrogen-bond donors (Lipinski definition) is 2. The van der Waals surface area contributed by atoms with E-state index < -0.39 is 81.5 Å². The standard InChI is InChI=1S/2C18H20F4N6O2S2/c2*1-10-7-27(8-11(18(10,21)22)5-25-32(2,29)30)14-3-4-23-16(26-14)12-6-24-17-28(12)9-13(31-17)15(19)20/h2*3-4,6,9-11,15,25H,5,7-8H2,1-2H3. The number of fused-ring (bicyclic) bond motifs is 2. The summed E-state index contributed by atoms with van der Waals surface area (Å²) < 4.78 is 164. The quantitative estimate of drug-likeness (QED) is 0.135. The molecule has 0 aliphatic carbocycles. The Morgan fingerprint density at radius 2 is 1.03 bits per heavy atom. The predicted octanol–water partition coefficient (Wildman–Crippen LogP) is 6.09. The molecule has 0 radical (unpaired) electrons. The highest BCUT2D eigenvalue weighted by Gasteiger charge is 2.51. The Hall–Kier alpha value is -4.64. The molecule has 2 aliphatic rings. The highest BCUT2D eigenvalue weighted by molar-refractivity contribution is 7.89. The molecule has 0 aromatic carbocycles. The maximum atomic E-state index is 14.7. The van der Waals surface area contributed by atoms with Crippen molar-refractivity contribution in [1.29, 1.82) is 0 Å². The van der Waals surface area contributed by atoms with Crippen LogP contribution in [0.1, 0.15) is 36.5 Å². The normalized spacial score (nSPS) is 21.5. The monoisotopic (exact) mass is 984 g/mol. The first-order valence-corrected chi connectivity index (χ1v) is 24.6. The Balaban J connectivity index is 0.000000191. The number of anilines is 2. The van der Waals surface area contributed by atoms with Crippen LogP contribution in [0.25, 0.3) is 33.0 Å². The topological polar surface area (TPSA) is 185 Å². The van der Waals surface area contributed by atoms with Gasteiger partial charge in [0.25, 0.3) is 24.7 Å². The van der Waals surface area contributed by atoms with Gasteiger partial charge in [-0.1, -0.05) is 36.5 Å². The van der Waals surface area contributed by atoms with Gasteiger partial charge < -0.3 is 9.80 Å². The summed E-state index contributed by atoms with van der Waals surface area (Å²) in [5.41, 5.74) is 0.798. The SMILES string of the molecule is CC1CN(c2ccnc(-c3cnc4sc(C(F)F)cn34)n2)CC(CNS(C)(=O)=O)C1(F)F.CC1CN(c2ccnc(-c3cnc4sc(C(F)F)cn34)n2)CC(CNS(C)(=O)=O)C1(F)F. The van der Waals surface area contributed by atoms with Gasteiger partial charge in [0.05, 0.1) is 46.5 Å². The maximum Gasteiger partial charge on any atom is 0.274 e. The van der Waals surface area contributed by atoms with E-state index in [1.807, 2.05) is 0 Å². The second-order valence-corrected chi connectivity index (χ2v) is 21.3. The van der Waals surface area contributed by atoms with Gasteiger partial charge >= 0.3 is 0 Å². The second-order valence-electron chi connectivity index (χ2n) is 15.5. The lowest BCUT2D eigenvalue weighted by Gasteiger charge is -2.43. The number of aromatic nitrogens is 8. The van der Waals surface area contributed by atoms with Crippen LogP contribution in [-0.4, -0.2) is 119 Å². The number of imidazole rings is 2. The average Bonchev–Trinajstić information content (AvgIpc) is 4.01. The molecular weight excluding hydrogens is 945 g/mol. The minimum Gasteiger partial charge on any atom is -0.355 e. The zero-order chi connectivity index (χ0) is 46.5. The van der Waals surface area contributed by atoms with Crippen LogP contribution >= 0.6 is 22.7 Å². The zero-order valence-corrected chi connectivity index (χ0v) is 37.4. The zero-order valence-electron chi connectivity index (χ0n) is 34.1. The maximum absolute atomic E-state index is 14.7. The number of piperidine rings is 2. The number of nitrogens with one attached hydrogen (secondary N) is 2. The molecule has 2 aliphatic heterocycles. The summed E-state index contributed by atoms with van der Waals surface area (Å²) in [5, 5.41) is 0. The molecule has 8 rings (SSSR count). The highest BCUT2D eigenvalue weighted by Crippen LogP contribution is 2.41. The number of nitrogens with zero attached hydrogens (tertiary/aromatic N) is 10. The fourth-order valence-corrected chi connectivity index (χ4v) is 9.98. The molecule has 0 saturated carbocycles. The summed E-state index contributed by atoms with van der Waals surface area (Å²) in [7, 11) is -7.25. The molecule has 6 aromatic rings. The lowest BCUT2D eigenvalue weighted by molar-refractivity contribution is -0.109. The molecule has 4 unspecified atom stereocenters. The first kappa shape index (κ1) is 47.3. The molecule has 64 heavy (non-hydrogen) atoms. The van der Waals surface area contributed by atoms with Crippen LogP contribution in [0.5, 0.6) is 0 Å². The van der Waals surface area contributed by atoms with Gasteiger partial charge in [0.15, 0.2) is 21.6 Å². The van der Waals surface area contributed by atoms with Gasteiger partial charge in [-0.05, 0) is 12.1 Å². The molecule has 0 amide bonds. The number of rotatable bonds is 12. The van der Waals surface area contributed by atoms with Crippen molar-refractivity contribution in [1.82, 2.24) is 48.1 Å². The summed E-state index contributed by atoms with van der Waals surface area (Å²) >= 11 is 1.71. The Labute approximate surface area is 368 Å². The van der Waals surface area contributed by atoms with E-state index >= 15 is 0 Å². The molecule has 2 saturated heterocycles. The van der Waals surface area contributed by atoms with E-state index in [0.717, 1.165) is 35.2 Å². The van der Waals surface area contributed by atoms with E-state index in [0.29, 0.717) is 32.9 Å². The molecule has 6 aromatic heterocycles. The number of halogens is 8. The van der Waals surface area contributed by atoms with Gasteiger partial charge in [0.2, 0.25) is 20.0 Å². The minimum atomic E-state index is -3.62. The van der Waals surface area contributed by atoms with Crippen LogP contribution in [0, 0.1) is 23.7 Å². The summed E-state index contributed by atoms with van der Waals surface area (Å²) in [6.45, 7) is 1.78. The van der Waals surface area contributed by atoms with E-state index in [1.165, 1.54) is 59.8 Å². The molecule has 8 heterocycles. The van der Waals surface area contributed by atoms with E-state index in [1.54, 1.807) is 21.9 Å². The lowest BCUT2D eigenvalue weighted by atomic mass is 9.86. The van der Waals surface area contributed by atoms with E-state index in [9.17, 15) is 52.0 Å². The Bertz CT molecular complexity index is 2650. The van der Waals surface area contributed by atoms with Gasteiger partial charge in [-0.15, -0.1) is 0 Å². The summed E-state index contributed by atoms with van der Waals surface area (Å²) in [6, 6.07) is 3.13. The molecule has 2 N–H and O–H groups in total. The molecule has 4 atom stereocenters. The molecule has 0 spiro atoms. The van der Waals surface area contributed by atoms with E-state index in [-0.39, 0.29) is 47.6 Å². The third kappa shape index (κ3) is 10.2. The van der Waals surface area contributed by atoms with Crippen LogP contribution in [0.15, 0.2) is 49.3 Å². The Kier molecular flexibility index (Phi) is 13.3. The van der Waals surface area contributed by atoms with Gasteiger partial charge in [-0.3, -0.25) is 8.80 Å². The second kappa shape index (κ2) is 18.0. The van der Waals surface area contributed by atoms with Crippen molar-refractivity contribution >= 4 is 64.3 Å². The number of thiazole rings is 2. The third-order valence-electron chi connectivity index (χ3n) is 10.7. The van der Waals surface area contributed by atoms with Crippen molar-refractivity contribution in [2.45, 2.75) is 38.5 Å². The Morgan fingerprint density at radius 1 is 0.656 bits per heavy atom. The van der Waals surface area contributed by atoms with Crippen LogP contribution in [0.3, 0.4) is 0 Å². The fraction of sp³-hybridized carbons (Fsp3) is 0.500. The summed E-state index contributed by atoms with van der Waals surface area (Å²) in [5.74, 6) is -9.57. The van der Waals surface area contributed by atoms with Crippen molar-refractivity contribution < 1.29 is 52.0 Å². The summed E-state index contributed by atoms with van der Waals surface area (Å²) in [6.07, 6.45) is 4.98. The fourth-order valence-electron chi connectivity index (χ4n) is 7.35. The predicted molar refractivity (Wildman–Crippen MR) is 223 cm³/mol. The van der Waals surface area contributed by atoms with Crippen LogP contribution in [-0.2, 0) is 20.0 Å². The van der Waals surface area contributed by atoms with Crippen molar-refractivity contribution in [3.05, 3.63) is 59.1 Å². The van der Waals surface area contributed by atoms with Crippen molar-refractivity contribution in [3.63, 3.8) is 0 Å². The molecule has 2 fully saturated rings. The average molecular weight is 985 g/mol. The molecule has 0 bridgehead atoms. The first-order valence-electron chi connectivity index (χ1n) is 19.2. The van der Waals surface area contributed by atoms with Gasteiger partial charge in [-0.25, -0.2) is 91.3 Å².